The smallest absolute Gasteiger partial charge is 0.266 e. The van der Waals surface area contributed by atoms with Crippen molar-refractivity contribution in [2.24, 2.45) is 0 Å². The van der Waals surface area contributed by atoms with Gasteiger partial charge in [0.2, 0.25) is 0 Å². The van der Waals surface area contributed by atoms with Crippen molar-refractivity contribution in [3.63, 3.8) is 0 Å². The molecule has 0 aliphatic heterocycles. The van der Waals surface area contributed by atoms with Crippen LogP contribution in [0.2, 0.25) is 5.02 Å². The Morgan fingerprint density at radius 2 is 2.14 bits per heavy atom. The number of nitriles is 1. The number of phenolic OH excluding ortho intramolecular Hbond substituents is 1. The van der Waals surface area contributed by atoms with E-state index in [1.54, 1.807) is 26.0 Å². The van der Waals surface area contributed by atoms with Crippen LogP contribution in [0.3, 0.4) is 0 Å². The second-order valence-electron chi connectivity index (χ2n) is 4.42. The third-order valence-electron chi connectivity index (χ3n) is 2.92. The van der Waals surface area contributed by atoms with Gasteiger partial charge in [-0.05, 0) is 37.6 Å². The number of pyridine rings is 1. The molecule has 0 bridgehead atoms. The van der Waals surface area contributed by atoms with Gasteiger partial charge in [0.15, 0.2) is 11.5 Å². The maximum Gasteiger partial charge on any atom is 0.266 e. The molecular weight excluding hydrogens is 292 g/mol. The van der Waals surface area contributed by atoms with E-state index in [4.69, 9.17) is 21.6 Å². The summed E-state index contributed by atoms with van der Waals surface area (Å²) < 4.78 is 5.31. The van der Waals surface area contributed by atoms with Crippen LogP contribution in [0.1, 0.15) is 18.2 Å². The number of ether oxygens (including phenoxy) is 1. The molecule has 0 saturated heterocycles. The van der Waals surface area contributed by atoms with Crippen molar-refractivity contribution < 1.29 is 9.84 Å². The molecule has 2 aromatic rings. The Morgan fingerprint density at radius 3 is 2.76 bits per heavy atom. The van der Waals surface area contributed by atoms with Crippen molar-refractivity contribution in [3.05, 3.63) is 44.8 Å². The monoisotopic (exact) mass is 304 g/mol. The zero-order chi connectivity index (χ0) is 15.6. The van der Waals surface area contributed by atoms with Crippen LogP contribution in [0.15, 0.2) is 23.0 Å². The van der Waals surface area contributed by atoms with Crippen molar-refractivity contribution in [1.82, 2.24) is 4.98 Å². The largest absolute Gasteiger partial charge is 0.503 e. The molecule has 2 N–H and O–H groups in total. The summed E-state index contributed by atoms with van der Waals surface area (Å²) in [7, 11) is 0. The molecule has 1 aromatic carbocycles. The summed E-state index contributed by atoms with van der Waals surface area (Å²) in [5.74, 6) is 0.0455. The first-order valence-corrected chi connectivity index (χ1v) is 6.65. The number of hydrogen-bond acceptors (Lipinski definition) is 4. The Morgan fingerprint density at radius 1 is 1.43 bits per heavy atom. The van der Waals surface area contributed by atoms with E-state index in [1.165, 1.54) is 6.07 Å². The maximum atomic E-state index is 11.8. The fourth-order valence-electron chi connectivity index (χ4n) is 2.02. The van der Waals surface area contributed by atoms with E-state index in [0.717, 1.165) is 0 Å². The Hall–Kier alpha value is -2.45. The Balaban J connectivity index is 2.74. The molecule has 5 nitrogen and oxygen atoms in total. The number of H-pyrrole nitrogens is 1. The second-order valence-corrected chi connectivity index (χ2v) is 4.83. The number of nitrogens with zero attached hydrogens (tertiary/aromatic N) is 1. The number of phenols is 1. The normalized spacial score (nSPS) is 10.2. The van der Waals surface area contributed by atoms with E-state index < -0.39 is 5.56 Å². The van der Waals surface area contributed by atoms with Gasteiger partial charge in [-0.2, -0.15) is 5.26 Å². The molecule has 0 fully saturated rings. The maximum absolute atomic E-state index is 11.8. The minimum absolute atomic E-state index is 0.00944. The third kappa shape index (κ3) is 2.86. The van der Waals surface area contributed by atoms with E-state index >= 15 is 0 Å². The van der Waals surface area contributed by atoms with Crippen molar-refractivity contribution in [3.8, 4) is 28.7 Å². The van der Waals surface area contributed by atoms with Crippen LogP contribution in [-0.4, -0.2) is 16.7 Å². The molecule has 6 heteroatoms. The van der Waals surface area contributed by atoms with E-state index in [9.17, 15) is 9.90 Å². The van der Waals surface area contributed by atoms with E-state index in [2.05, 4.69) is 4.98 Å². The van der Waals surface area contributed by atoms with Crippen LogP contribution >= 0.6 is 11.6 Å². The first-order chi connectivity index (χ1) is 9.97. The van der Waals surface area contributed by atoms with Crippen molar-refractivity contribution in [2.45, 2.75) is 13.8 Å². The van der Waals surface area contributed by atoms with E-state index in [0.29, 0.717) is 23.4 Å². The Bertz CT molecular complexity index is 791. The van der Waals surface area contributed by atoms with Crippen molar-refractivity contribution in [2.75, 3.05) is 6.61 Å². The quantitative estimate of drug-likeness (QED) is 0.912. The lowest BCUT2D eigenvalue weighted by Gasteiger charge is -2.11. The molecule has 0 radical (unpaired) electrons. The molecule has 1 aromatic heterocycles. The lowest BCUT2D eigenvalue weighted by atomic mass is 10.0. The number of rotatable bonds is 3. The van der Waals surface area contributed by atoms with Gasteiger partial charge in [-0.25, -0.2) is 0 Å². The van der Waals surface area contributed by atoms with Gasteiger partial charge in [0.05, 0.1) is 11.6 Å². The van der Waals surface area contributed by atoms with Gasteiger partial charge < -0.3 is 14.8 Å². The van der Waals surface area contributed by atoms with Crippen LogP contribution in [-0.2, 0) is 0 Å². The number of aromatic amines is 1. The SMILES string of the molecule is CCOc1cc(-c2cc(C)[nH]c(=O)c2C#N)cc(Cl)c1O. The van der Waals surface area contributed by atoms with Gasteiger partial charge in [-0.3, -0.25) is 4.79 Å². The summed E-state index contributed by atoms with van der Waals surface area (Å²) in [4.78, 5) is 14.4. The van der Waals surface area contributed by atoms with Gasteiger partial charge in [-0.15, -0.1) is 0 Å². The lowest BCUT2D eigenvalue weighted by Crippen LogP contribution is -2.12. The molecule has 0 unspecified atom stereocenters. The molecule has 0 aliphatic carbocycles. The molecule has 0 atom stereocenters. The number of benzene rings is 1. The Labute approximate surface area is 126 Å². The molecule has 0 amide bonds. The average Bonchev–Trinajstić information content (AvgIpc) is 2.43. The number of nitrogens with one attached hydrogen (secondary N) is 1. The van der Waals surface area contributed by atoms with Crippen molar-refractivity contribution in [1.29, 1.82) is 5.26 Å². The molecule has 2 rings (SSSR count). The number of aryl methyl sites for hydroxylation is 1. The standard InChI is InChI=1S/C15H13ClN2O3/c1-3-21-13-6-9(5-12(16)14(13)19)10-4-8(2)18-15(20)11(10)7-17/h4-6,19H,3H2,1-2H3,(H,18,20). The van der Waals surface area contributed by atoms with Crippen LogP contribution in [0.4, 0.5) is 0 Å². The Kier molecular flexibility index (Phi) is 4.20. The molecule has 108 valence electrons. The van der Waals surface area contributed by atoms with Crippen LogP contribution in [0.5, 0.6) is 11.5 Å². The molecule has 0 spiro atoms. The van der Waals surface area contributed by atoms with E-state index in [1.807, 2.05) is 6.07 Å². The molecular formula is C15H13ClN2O3. The highest BCUT2D eigenvalue weighted by Crippen LogP contribution is 2.39. The minimum atomic E-state index is -0.463. The highest BCUT2D eigenvalue weighted by atomic mass is 35.5. The fourth-order valence-corrected chi connectivity index (χ4v) is 2.23. The molecule has 21 heavy (non-hydrogen) atoms. The van der Waals surface area contributed by atoms with Gasteiger partial charge in [0.1, 0.15) is 11.6 Å². The summed E-state index contributed by atoms with van der Waals surface area (Å²) in [6, 6.07) is 6.61. The van der Waals surface area contributed by atoms with E-state index in [-0.39, 0.29) is 22.1 Å². The summed E-state index contributed by atoms with van der Waals surface area (Å²) in [6.07, 6.45) is 0. The van der Waals surface area contributed by atoms with Crippen LogP contribution in [0.25, 0.3) is 11.1 Å². The summed E-state index contributed by atoms with van der Waals surface area (Å²) in [5.41, 5.74) is 1.13. The van der Waals surface area contributed by atoms with Gasteiger partial charge >= 0.3 is 0 Å². The minimum Gasteiger partial charge on any atom is -0.503 e. The first kappa shape index (κ1) is 14.9. The van der Waals surface area contributed by atoms with Crippen molar-refractivity contribution >= 4 is 11.6 Å². The zero-order valence-electron chi connectivity index (χ0n) is 11.5. The van der Waals surface area contributed by atoms with Gasteiger partial charge in [0, 0.05) is 11.3 Å². The second kappa shape index (κ2) is 5.90. The number of aromatic nitrogens is 1. The predicted octanol–water partition coefficient (Wildman–Crippen LogP) is 2.98. The molecule has 0 saturated carbocycles. The number of aromatic hydroxyl groups is 1. The highest BCUT2D eigenvalue weighted by Gasteiger charge is 2.15. The number of hydrogen-bond donors (Lipinski definition) is 2. The molecule has 0 aliphatic rings. The molecule has 1 heterocycles. The average molecular weight is 305 g/mol. The zero-order valence-corrected chi connectivity index (χ0v) is 12.3. The third-order valence-corrected chi connectivity index (χ3v) is 3.21. The summed E-state index contributed by atoms with van der Waals surface area (Å²) in [5, 5.41) is 19.1. The van der Waals surface area contributed by atoms with Gasteiger partial charge in [0.25, 0.3) is 5.56 Å². The van der Waals surface area contributed by atoms with Crippen LogP contribution < -0.4 is 10.3 Å². The lowest BCUT2D eigenvalue weighted by molar-refractivity contribution is 0.318. The topological polar surface area (TPSA) is 86.1 Å². The summed E-state index contributed by atoms with van der Waals surface area (Å²) >= 11 is 5.98. The highest BCUT2D eigenvalue weighted by molar-refractivity contribution is 6.32. The summed E-state index contributed by atoms with van der Waals surface area (Å²) in [6.45, 7) is 3.85. The van der Waals surface area contributed by atoms with Crippen LogP contribution in [0, 0.1) is 18.3 Å². The predicted molar refractivity (Wildman–Crippen MR) is 79.8 cm³/mol. The number of halogens is 1. The fraction of sp³-hybridized carbons (Fsp3) is 0.200. The van der Waals surface area contributed by atoms with Gasteiger partial charge in [-0.1, -0.05) is 11.6 Å². The first-order valence-electron chi connectivity index (χ1n) is 6.27.